The minimum absolute atomic E-state index is 0.113. The summed E-state index contributed by atoms with van der Waals surface area (Å²) in [6.07, 6.45) is 3.54. The van der Waals surface area contributed by atoms with Crippen molar-refractivity contribution in [1.82, 2.24) is 5.32 Å². The van der Waals surface area contributed by atoms with E-state index in [4.69, 9.17) is 5.11 Å². The molecule has 0 aliphatic heterocycles. The van der Waals surface area contributed by atoms with Crippen LogP contribution in [-0.4, -0.2) is 38.5 Å². The number of non-ortho nitro benzene ring substituents is 1. The van der Waals surface area contributed by atoms with Gasteiger partial charge < -0.3 is 15.5 Å². The molecule has 3 N–H and O–H groups in total. The van der Waals surface area contributed by atoms with Crippen molar-refractivity contribution in [2.45, 2.75) is 38.5 Å². The van der Waals surface area contributed by atoms with Crippen LogP contribution >= 0.6 is 0 Å². The molecule has 0 saturated heterocycles. The van der Waals surface area contributed by atoms with Gasteiger partial charge in [-0.1, -0.05) is 19.3 Å². The summed E-state index contributed by atoms with van der Waals surface area (Å²) in [6, 6.07) is 1.37. The number of hydrogen-bond donors (Lipinski definition) is 3. The van der Waals surface area contributed by atoms with E-state index in [0.29, 0.717) is 18.9 Å². The molecule has 0 aliphatic carbocycles. The van der Waals surface area contributed by atoms with E-state index < -0.39 is 44.4 Å². The van der Waals surface area contributed by atoms with E-state index in [1.165, 1.54) is 0 Å². The largest absolute Gasteiger partial charge is 0.502 e. The van der Waals surface area contributed by atoms with Gasteiger partial charge in [-0.25, -0.2) is 0 Å². The Morgan fingerprint density at radius 2 is 1.62 bits per heavy atom. The minimum atomic E-state index is -1.00. The number of rotatable bonds is 11. The Hall–Kier alpha value is -3.24. The van der Waals surface area contributed by atoms with Gasteiger partial charge in [0, 0.05) is 19.0 Å². The summed E-state index contributed by atoms with van der Waals surface area (Å²) in [5, 5.41) is 42.4. The standard InChI is InChI=1S/C15H19N3O8/c19-13(20)6-4-2-1-3-5-7-16-15(22)11-8-10(17(23)24)9-12(14(11)21)18(25)26/h8-9,21H,1-7H2,(H,16,22)(H,19,20). The fourth-order valence-corrected chi connectivity index (χ4v) is 2.25. The topological polar surface area (TPSA) is 173 Å². The fourth-order valence-electron chi connectivity index (χ4n) is 2.25. The number of nitro benzene ring substituents is 2. The molecule has 0 aromatic heterocycles. The molecular formula is C15H19N3O8. The van der Waals surface area contributed by atoms with Gasteiger partial charge in [0.15, 0.2) is 0 Å². The van der Waals surface area contributed by atoms with Crippen LogP contribution in [0.1, 0.15) is 48.9 Å². The van der Waals surface area contributed by atoms with Crippen molar-refractivity contribution >= 4 is 23.3 Å². The lowest BCUT2D eigenvalue weighted by Crippen LogP contribution is -2.24. The molecule has 11 nitrogen and oxygen atoms in total. The number of nitro groups is 2. The van der Waals surface area contributed by atoms with E-state index in [0.717, 1.165) is 25.3 Å². The number of aromatic hydroxyl groups is 1. The number of unbranched alkanes of at least 4 members (excludes halogenated alkanes) is 4. The number of phenolic OH excluding ortho intramolecular Hbond substituents is 1. The normalized spacial score (nSPS) is 10.3. The number of carbonyl (C=O) groups is 2. The van der Waals surface area contributed by atoms with Gasteiger partial charge in [-0.2, -0.15) is 0 Å². The molecule has 1 aromatic rings. The highest BCUT2D eigenvalue weighted by molar-refractivity contribution is 5.98. The van der Waals surface area contributed by atoms with E-state index in [9.17, 15) is 34.9 Å². The second kappa shape index (κ2) is 9.91. The highest BCUT2D eigenvalue weighted by Crippen LogP contribution is 2.34. The van der Waals surface area contributed by atoms with Crippen molar-refractivity contribution in [1.29, 1.82) is 0 Å². The molecule has 1 rings (SSSR count). The van der Waals surface area contributed by atoms with Crippen LogP contribution in [0.25, 0.3) is 0 Å². The van der Waals surface area contributed by atoms with E-state index in [1.807, 2.05) is 0 Å². The molecule has 0 saturated carbocycles. The lowest BCUT2D eigenvalue weighted by atomic mass is 10.1. The maximum atomic E-state index is 12.0. The number of carbonyl (C=O) groups excluding carboxylic acids is 1. The lowest BCUT2D eigenvalue weighted by molar-refractivity contribution is -0.394. The third-order valence-corrected chi connectivity index (χ3v) is 3.58. The summed E-state index contributed by atoms with van der Waals surface area (Å²) < 4.78 is 0. The molecule has 0 atom stereocenters. The van der Waals surface area contributed by atoms with Crippen molar-refractivity contribution in [3.63, 3.8) is 0 Å². The molecule has 142 valence electrons. The summed E-state index contributed by atoms with van der Waals surface area (Å²) in [4.78, 5) is 42.2. The van der Waals surface area contributed by atoms with Crippen LogP contribution in [0.2, 0.25) is 0 Å². The van der Waals surface area contributed by atoms with Gasteiger partial charge in [-0.15, -0.1) is 0 Å². The van der Waals surface area contributed by atoms with E-state index in [-0.39, 0.29) is 13.0 Å². The van der Waals surface area contributed by atoms with Crippen LogP contribution < -0.4 is 5.32 Å². The van der Waals surface area contributed by atoms with E-state index >= 15 is 0 Å². The molecule has 26 heavy (non-hydrogen) atoms. The Morgan fingerprint density at radius 1 is 1.00 bits per heavy atom. The first kappa shape index (κ1) is 20.8. The smallest absolute Gasteiger partial charge is 0.318 e. The summed E-state index contributed by atoms with van der Waals surface area (Å²) >= 11 is 0. The van der Waals surface area contributed by atoms with Crippen molar-refractivity contribution in [2.75, 3.05) is 6.54 Å². The summed E-state index contributed by atoms with van der Waals surface area (Å²) in [5.74, 6) is -2.62. The second-order valence-corrected chi connectivity index (χ2v) is 5.54. The molecule has 0 spiro atoms. The predicted octanol–water partition coefficient (Wildman–Crippen LogP) is 2.36. The average Bonchev–Trinajstić information content (AvgIpc) is 2.56. The van der Waals surface area contributed by atoms with E-state index in [2.05, 4.69) is 5.32 Å². The van der Waals surface area contributed by atoms with Crippen molar-refractivity contribution in [3.8, 4) is 5.75 Å². The first-order valence-electron chi connectivity index (χ1n) is 7.89. The number of aliphatic carboxylic acids is 1. The van der Waals surface area contributed by atoms with Gasteiger partial charge in [0.1, 0.15) is 0 Å². The Balaban J connectivity index is 2.58. The highest BCUT2D eigenvalue weighted by Gasteiger charge is 2.26. The Labute approximate surface area is 147 Å². The van der Waals surface area contributed by atoms with Crippen molar-refractivity contribution < 1.29 is 29.6 Å². The maximum Gasteiger partial charge on any atom is 0.318 e. The van der Waals surface area contributed by atoms with Crippen LogP contribution in [0.5, 0.6) is 5.75 Å². The number of carboxylic acid groups (broad SMARTS) is 1. The first-order chi connectivity index (χ1) is 12.2. The van der Waals surface area contributed by atoms with Crippen LogP contribution in [0, 0.1) is 20.2 Å². The van der Waals surface area contributed by atoms with Crippen molar-refractivity contribution in [3.05, 3.63) is 37.9 Å². The second-order valence-electron chi connectivity index (χ2n) is 5.54. The average molecular weight is 369 g/mol. The summed E-state index contributed by atoms with van der Waals surface area (Å²) in [5.41, 5.74) is -2.12. The van der Waals surface area contributed by atoms with Gasteiger partial charge in [-0.05, 0) is 12.8 Å². The van der Waals surface area contributed by atoms with Crippen LogP contribution in [0.15, 0.2) is 12.1 Å². The zero-order valence-electron chi connectivity index (χ0n) is 13.8. The number of carboxylic acids is 1. The van der Waals surface area contributed by atoms with Crippen molar-refractivity contribution in [2.24, 2.45) is 0 Å². The molecule has 0 unspecified atom stereocenters. The molecule has 1 amide bonds. The highest BCUT2D eigenvalue weighted by atomic mass is 16.6. The number of benzene rings is 1. The molecule has 0 aliphatic rings. The van der Waals surface area contributed by atoms with Crippen LogP contribution in [0.4, 0.5) is 11.4 Å². The molecule has 0 bridgehead atoms. The summed E-state index contributed by atoms with van der Waals surface area (Å²) in [6.45, 7) is 0.216. The van der Waals surface area contributed by atoms with Gasteiger partial charge >= 0.3 is 11.7 Å². The number of hydrogen-bond acceptors (Lipinski definition) is 7. The van der Waals surface area contributed by atoms with Gasteiger partial charge in [0.25, 0.3) is 11.6 Å². The van der Waals surface area contributed by atoms with Gasteiger partial charge in [0.05, 0.1) is 21.5 Å². The SMILES string of the molecule is O=C(O)CCCCCCCNC(=O)c1cc([N+](=O)[O-])cc([N+](=O)[O-])c1O. The summed E-state index contributed by atoms with van der Waals surface area (Å²) in [7, 11) is 0. The number of phenols is 1. The molecule has 0 radical (unpaired) electrons. The molecule has 0 fully saturated rings. The molecule has 1 aromatic carbocycles. The lowest BCUT2D eigenvalue weighted by Gasteiger charge is -2.07. The van der Waals surface area contributed by atoms with Crippen LogP contribution in [-0.2, 0) is 4.79 Å². The minimum Gasteiger partial charge on any atom is -0.502 e. The fraction of sp³-hybridized carbons (Fsp3) is 0.467. The molecule has 0 heterocycles. The Kier molecular flexibility index (Phi) is 7.93. The zero-order valence-corrected chi connectivity index (χ0v) is 13.8. The first-order valence-corrected chi connectivity index (χ1v) is 7.89. The molecular weight excluding hydrogens is 350 g/mol. The predicted molar refractivity (Wildman–Crippen MR) is 89.1 cm³/mol. The van der Waals surface area contributed by atoms with E-state index in [1.54, 1.807) is 0 Å². The van der Waals surface area contributed by atoms with Crippen LogP contribution in [0.3, 0.4) is 0 Å². The van der Waals surface area contributed by atoms with Gasteiger partial charge in [0.2, 0.25) is 5.75 Å². The monoisotopic (exact) mass is 369 g/mol. The number of amides is 1. The maximum absolute atomic E-state index is 12.0. The number of nitrogens with one attached hydrogen (secondary N) is 1. The third-order valence-electron chi connectivity index (χ3n) is 3.58. The third kappa shape index (κ3) is 6.34. The van der Waals surface area contributed by atoms with Gasteiger partial charge in [-0.3, -0.25) is 29.8 Å². The Bertz CT molecular complexity index is 704. The zero-order chi connectivity index (χ0) is 19.7. The Morgan fingerprint density at radius 3 is 2.19 bits per heavy atom. The quantitative estimate of drug-likeness (QED) is 0.303. The molecule has 11 heteroatoms. The number of nitrogens with zero attached hydrogens (tertiary/aromatic N) is 2.